The van der Waals surface area contributed by atoms with Crippen molar-refractivity contribution in [2.24, 2.45) is 0 Å². The van der Waals surface area contributed by atoms with Crippen molar-refractivity contribution < 1.29 is 14.3 Å². The quantitative estimate of drug-likeness (QED) is 0.788. The van der Waals surface area contributed by atoms with Gasteiger partial charge in [0.25, 0.3) is 5.91 Å². The van der Waals surface area contributed by atoms with E-state index in [0.29, 0.717) is 44.4 Å². The van der Waals surface area contributed by atoms with Crippen LogP contribution < -0.4 is 0 Å². The summed E-state index contributed by atoms with van der Waals surface area (Å²) in [7, 11) is 0. The number of ether oxygens (including phenoxy) is 1. The van der Waals surface area contributed by atoms with Crippen molar-refractivity contribution in [1.82, 2.24) is 14.8 Å². The monoisotopic (exact) mass is 337 g/mol. The third-order valence-electron chi connectivity index (χ3n) is 4.63. The second kappa shape index (κ2) is 6.57. The van der Waals surface area contributed by atoms with Crippen LogP contribution in [0.5, 0.6) is 0 Å². The van der Waals surface area contributed by atoms with Gasteiger partial charge in [-0.05, 0) is 12.8 Å². The summed E-state index contributed by atoms with van der Waals surface area (Å²) >= 11 is 1.54. The predicted octanol–water partition coefficient (Wildman–Crippen LogP) is 1.73. The molecular weight excluding hydrogens is 314 g/mol. The van der Waals surface area contributed by atoms with E-state index in [4.69, 9.17) is 4.74 Å². The van der Waals surface area contributed by atoms with Crippen LogP contribution in [0.1, 0.15) is 48.1 Å². The minimum atomic E-state index is -0.301. The highest BCUT2D eigenvalue weighted by molar-refractivity contribution is 7.09. The average Bonchev–Trinajstić information content (AvgIpc) is 3.05. The van der Waals surface area contributed by atoms with Crippen LogP contribution >= 0.6 is 11.3 Å². The van der Waals surface area contributed by atoms with Crippen molar-refractivity contribution in [2.75, 3.05) is 32.8 Å². The number of likely N-dealkylation sites (tertiary alicyclic amines) is 1. The Balaban J connectivity index is 1.68. The van der Waals surface area contributed by atoms with Gasteiger partial charge in [0, 0.05) is 30.9 Å². The molecule has 23 heavy (non-hydrogen) atoms. The molecule has 0 aliphatic carbocycles. The summed E-state index contributed by atoms with van der Waals surface area (Å²) in [6.07, 6.45) is 2.45. The summed E-state index contributed by atoms with van der Waals surface area (Å²) in [6.45, 7) is 7.29. The van der Waals surface area contributed by atoms with Crippen molar-refractivity contribution in [3.8, 4) is 0 Å². The molecule has 1 spiro atoms. The van der Waals surface area contributed by atoms with Gasteiger partial charge in [0.05, 0.1) is 23.8 Å². The molecule has 0 aromatic carbocycles. The van der Waals surface area contributed by atoms with Gasteiger partial charge in [0.1, 0.15) is 5.69 Å². The highest BCUT2D eigenvalue weighted by Gasteiger charge is 2.41. The van der Waals surface area contributed by atoms with Crippen molar-refractivity contribution in [1.29, 1.82) is 0 Å². The molecule has 2 amide bonds. The van der Waals surface area contributed by atoms with Crippen LogP contribution in [0.4, 0.5) is 0 Å². The van der Waals surface area contributed by atoms with E-state index in [1.165, 1.54) is 0 Å². The first-order valence-corrected chi connectivity index (χ1v) is 8.99. The number of hydrogen-bond acceptors (Lipinski definition) is 5. The topological polar surface area (TPSA) is 62.7 Å². The molecule has 3 heterocycles. The number of carbonyl (C=O) groups is 2. The molecule has 0 N–H and O–H groups in total. The molecule has 2 aliphatic rings. The van der Waals surface area contributed by atoms with Gasteiger partial charge in [-0.3, -0.25) is 9.59 Å². The van der Waals surface area contributed by atoms with Gasteiger partial charge in [0.2, 0.25) is 6.41 Å². The Kier molecular flexibility index (Phi) is 4.68. The van der Waals surface area contributed by atoms with Gasteiger partial charge in [0.15, 0.2) is 0 Å². The number of piperidine rings is 1. The number of thiazole rings is 1. The fourth-order valence-corrected chi connectivity index (χ4v) is 3.98. The number of amides is 2. The highest BCUT2D eigenvalue weighted by Crippen LogP contribution is 2.30. The Morgan fingerprint density at radius 2 is 2.13 bits per heavy atom. The van der Waals surface area contributed by atoms with Gasteiger partial charge in [-0.25, -0.2) is 4.98 Å². The number of morpholine rings is 1. The van der Waals surface area contributed by atoms with Crippen LogP contribution in [0.2, 0.25) is 0 Å². The molecule has 1 aromatic rings. The fraction of sp³-hybridized carbons (Fsp3) is 0.688. The molecule has 7 heteroatoms. The maximum absolute atomic E-state index is 12.7. The molecule has 1 aromatic heterocycles. The van der Waals surface area contributed by atoms with Gasteiger partial charge in [-0.2, -0.15) is 0 Å². The molecule has 2 saturated heterocycles. The highest BCUT2D eigenvalue weighted by atomic mass is 32.1. The Hall–Kier alpha value is -1.47. The molecule has 126 valence electrons. The fourth-order valence-electron chi connectivity index (χ4n) is 3.17. The number of rotatable bonds is 3. The van der Waals surface area contributed by atoms with Crippen molar-refractivity contribution in [3.63, 3.8) is 0 Å². The SMILES string of the molecule is CC(C)c1nc(C(=O)N2CCOC3(CCN(C=O)CC3)C2)cs1. The van der Waals surface area contributed by atoms with Gasteiger partial charge >= 0.3 is 0 Å². The average molecular weight is 337 g/mol. The Morgan fingerprint density at radius 3 is 2.74 bits per heavy atom. The van der Waals surface area contributed by atoms with Crippen LogP contribution in [-0.2, 0) is 9.53 Å². The van der Waals surface area contributed by atoms with Gasteiger partial charge in [-0.15, -0.1) is 11.3 Å². The Labute approximate surface area is 140 Å². The summed E-state index contributed by atoms with van der Waals surface area (Å²) in [4.78, 5) is 31.7. The number of carbonyl (C=O) groups excluding carboxylic acids is 2. The van der Waals surface area contributed by atoms with Crippen LogP contribution in [-0.4, -0.2) is 65.5 Å². The number of aromatic nitrogens is 1. The number of nitrogens with zero attached hydrogens (tertiary/aromatic N) is 3. The molecule has 3 rings (SSSR count). The lowest BCUT2D eigenvalue weighted by atomic mass is 9.89. The zero-order valence-electron chi connectivity index (χ0n) is 13.7. The van der Waals surface area contributed by atoms with Crippen molar-refractivity contribution in [3.05, 3.63) is 16.1 Å². The van der Waals surface area contributed by atoms with E-state index in [-0.39, 0.29) is 11.5 Å². The van der Waals surface area contributed by atoms with Crippen LogP contribution in [0, 0.1) is 0 Å². The molecule has 0 bridgehead atoms. The van der Waals surface area contributed by atoms with E-state index < -0.39 is 0 Å². The van der Waals surface area contributed by atoms with E-state index in [0.717, 1.165) is 24.3 Å². The molecule has 2 aliphatic heterocycles. The summed E-state index contributed by atoms with van der Waals surface area (Å²) in [6, 6.07) is 0. The summed E-state index contributed by atoms with van der Waals surface area (Å²) in [5.41, 5.74) is 0.241. The van der Waals surface area contributed by atoms with Gasteiger partial charge < -0.3 is 14.5 Å². The molecule has 0 unspecified atom stereocenters. The van der Waals surface area contributed by atoms with Crippen LogP contribution in [0.25, 0.3) is 0 Å². The molecule has 2 fully saturated rings. The second-order valence-electron chi connectivity index (χ2n) is 6.63. The Bertz CT molecular complexity index is 579. The zero-order valence-corrected chi connectivity index (χ0v) is 14.5. The molecule has 6 nitrogen and oxygen atoms in total. The zero-order chi connectivity index (χ0) is 16.4. The lowest BCUT2D eigenvalue weighted by Gasteiger charge is -2.46. The van der Waals surface area contributed by atoms with E-state index in [9.17, 15) is 9.59 Å². The molecule has 0 radical (unpaired) electrons. The first-order chi connectivity index (χ1) is 11.0. The van der Waals surface area contributed by atoms with Crippen molar-refractivity contribution >= 4 is 23.7 Å². The largest absolute Gasteiger partial charge is 0.371 e. The molecular formula is C16H23N3O3S. The second-order valence-corrected chi connectivity index (χ2v) is 7.51. The number of hydrogen-bond donors (Lipinski definition) is 0. The third-order valence-corrected chi connectivity index (χ3v) is 5.77. The van der Waals surface area contributed by atoms with E-state index >= 15 is 0 Å². The first-order valence-electron chi connectivity index (χ1n) is 8.11. The molecule has 0 saturated carbocycles. The first kappa shape index (κ1) is 16.4. The van der Waals surface area contributed by atoms with E-state index in [1.54, 1.807) is 16.2 Å². The predicted molar refractivity (Wildman–Crippen MR) is 87.7 cm³/mol. The minimum Gasteiger partial charge on any atom is -0.371 e. The summed E-state index contributed by atoms with van der Waals surface area (Å²) in [5, 5.41) is 2.85. The smallest absolute Gasteiger partial charge is 0.273 e. The van der Waals surface area contributed by atoms with Gasteiger partial charge in [-0.1, -0.05) is 13.8 Å². The maximum atomic E-state index is 12.7. The van der Waals surface area contributed by atoms with E-state index in [2.05, 4.69) is 18.8 Å². The maximum Gasteiger partial charge on any atom is 0.273 e. The summed E-state index contributed by atoms with van der Waals surface area (Å²) < 4.78 is 6.00. The lowest BCUT2D eigenvalue weighted by Crippen LogP contribution is -2.57. The third kappa shape index (κ3) is 3.40. The Morgan fingerprint density at radius 1 is 1.39 bits per heavy atom. The summed E-state index contributed by atoms with van der Waals surface area (Å²) in [5.74, 6) is 0.332. The standard InChI is InChI=1S/C16H23N3O3S/c1-12(2)14-17-13(9-23-14)15(21)19-7-8-22-16(10-19)3-5-18(11-20)6-4-16/h9,11-12H,3-8,10H2,1-2H3. The van der Waals surface area contributed by atoms with Crippen LogP contribution in [0.3, 0.4) is 0 Å². The molecule has 0 atom stereocenters. The lowest BCUT2D eigenvalue weighted by molar-refractivity contribution is -0.138. The minimum absolute atomic E-state index is 0.00589. The van der Waals surface area contributed by atoms with E-state index in [1.807, 2.05) is 10.3 Å². The normalized spacial score (nSPS) is 21.0. The van der Waals surface area contributed by atoms with Crippen LogP contribution in [0.15, 0.2) is 5.38 Å². The van der Waals surface area contributed by atoms with Crippen molar-refractivity contribution in [2.45, 2.75) is 38.2 Å².